The molecule has 0 aromatic heterocycles. The van der Waals surface area contributed by atoms with Crippen molar-refractivity contribution < 1.29 is 24.8 Å². The van der Waals surface area contributed by atoms with Crippen LogP contribution < -0.4 is 5.73 Å². The lowest BCUT2D eigenvalue weighted by Crippen LogP contribution is -2.57. The van der Waals surface area contributed by atoms with Crippen molar-refractivity contribution in [2.45, 2.75) is 50.5 Å². The monoisotopic (exact) mass is 328 g/mol. The smallest absolute Gasteiger partial charge is 0.124 e. The van der Waals surface area contributed by atoms with E-state index in [9.17, 15) is 15.3 Å². The Kier molecular flexibility index (Phi) is 5.37. The van der Waals surface area contributed by atoms with E-state index < -0.39 is 18.4 Å². The van der Waals surface area contributed by atoms with Gasteiger partial charge in [-0.25, -0.2) is 0 Å². The first-order valence-corrected chi connectivity index (χ1v) is 8.45. The Labute approximate surface area is 136 Å². The van der Waals surface area contributed by atoms with Crippen LogP contribution in [0.5, 0.6) is 0 Å². The molecule has 0 spiro atoms. The largest absolute Gasteiger partial charge is 0.393 e. The Balaban J connectivity index is 1.79. The first kappa shape index (κ1) is 17.3. The minimum Gasteiger partial charge on any atom is -0.393 e. The number of fused-ring (bicyclic) bond motifs is 1. The number of ether oxygens (including phenoxy) is 2. The Bertz CT molecular complexity index is 436. The molecule has 0 saturated carbocycles. The molecule has 7 atom stereocenters. The lowest BCUT2D eigenvalue weighted by Gasteiger charge is -2.49. The second-order valence-corrected chi connectivity index (χ2v) is 6.88. The van der Waals surface area contributed by atoms with Crippen LogP contribution in [-0.4, -0.2) is 77.3 Å². The van der Waals surface area contributed by atoms with Crippen LogP contribution in [0.2, 0.25) is 0 Å². The number of nitrogens with zero attached hydrogens (tertiary/aromatic N) is 1. The van der Waals surface area contributed by atoms with Crippen LogP contribution in [0.3, 0.4) is 0 Å². The van der Waals surface area contributed by atoms with Gasteiger partial charge in [0, 0.05) is 31.3 Å². The van der Waals surface area contributed by atoms with E-state index in [-0.39, 0.29) is 24.2 Å². The van der Waals surface area contributed by atoms with Gasteiger partial charge in [-0.1, -0.05) is 6.08 Å². The molecule has 5 N–H and O–H groups in total. The molecule has 0 aromatic carbocycles. The van der Waals surface area contributed by atoms with Crippen LogP contribution in [0.15, 0.2) is 11.6 Å². The van der Waals surface area contributed by atoms with E-state index in [0.717, 1.165) is 13.1 Å². The van der Waals surface area contributed by atoms with Gasteiger partial charge in [-0.05, 0) is 18.9 Å². The van der Waals surface area contributed by atoms with Crippen LogP contribution >= 0.6 is 0 Å². The standard InChI is InChI=1S/C16H28N2O5/c1-9(19)11-6-10(16(17)21)7-12-13(20)8-14(23-15(11)12)18-2-4-22-5-3-18/h7,9,11-16,19-21H,2-6,8,17H2,1H3/t9-,11?,12?,13?,14?,15?,16?/m0/s1. The summed E-state index contributed by atoms with van der Waals surface area (Å²) in [6.07, 6.45) is 0.188. The zero-order valence-electron chi connectivity index (χ0n) is 13.5. The van der Waals surface area contributed by atoms with E-state index in [1.165, 1.54) is 0 Å². The molecule has 0 amide bonds. The molecule has 132 valence electrons. The van der Waals surface area contributed by atoms with Crippen LogP contribution in [0.25, 0.3) is 0 Å². The number of hydrogen-bond acceptors (Lipinski definition) is 7. The minimum atomic E-state index is -1.05. The van der Waals surface area contributed by atoms with Crippen LogP contribution in [0.1, 0.15) is 19.8 Å². The zero-order chi connectivity index (χ0) is 16.6. The van der Waals surface area contributed by atoms with Gasteiger partial charge in [-0.15, -0.1) is 0 Å². The van der Waals surface area contributed by atoms with Gasteiger partial charge in [-0.3, -0.25) is 4.90 Å². The van der Waals surface area contributed by atoms with Crippen molar-refractivity contribution in [3.05, 3.63) is 11.6 Å². The number of nitrogens with two attached hydrogens (primary N) is 1. The van der Waals surface area contributed by atoms with Crippen molar-refractivity contribution in [2.24, 2.45) is 17.6 Å². The lowest BCUT2D eigenvalue weighted by molar-refractivity contribution is -0.214. The number of aliphatic hydroxyl groups excluding tert-OH is 3. The number of rotatable bonds is 3. The number of hydrogen-bond donors (Lipinski definition) is 4. The quantitative estimate of drug-likeness (QED) is 0.389. The molecule has 0 radical (unpaired) electrons. The minimum absolute atomic E-state index is 0.158. The van der Waals surface area contributed by atoms with Gasteiger partial charge in [0.2, 0.25) is 0 Å². The second kappa shape index (κ2) is 7.14. The summed E-state index contributed by atoms with van der Waals surface area (Å²) < 4.78 is 11.7. The third kappa shape index (κ3) is 3.61. The summed E-state index contributed by atoms with van der Waals surface area (Å²) in [7, 11) is 0. The average molecular weight is 328 g/mol. The molecule has 2 heterocycles. The van der Waals surface area contributed by atoms with Gasteiger partial charge in [0.25, 0.3) is 0 Å². The fraction of sp³-hybridized carbons (Fsp3) is 0.875. The summed E-state index contributed by atoms with van der Waals surface area (Å²) in [4.78, 5) is 2.19. The SMILES string of the molecule is C[C@H](O)C1CC(C(N)O)=CC2C(O)CC(N3CCOCC3)OC21. The van der Waals surface area contributed by atoms with Gasteiger partial charge < -0.3 is 30.5 Å². The maximum atomic E-state index is 10.6. The molecule has 0 bridgehead atoms. The summed E-state index contributed by atoms with van der Waals surface area (Å²) in [5, 5.41) is 30.5. The topological polar surface area (TPSA) is 108 Å². The molecule has 2 saturated heterocycles. The Morgan fingerprint density at radius 3 is 2.61 bits per heavy atom. The summed E-state index contributed by atoms with van der Waals surface area (Å²) in [6, 6.07) is 0. The normalized spacial score (nSPS) is 41.8. The molecular weight excluding hydrogens is 300 g/mol. The molecule has 7 heteroatoms. The molecule has 6 unspecified atom stereocenters. The third-order valence-electron chi connectivity index (χ3n) is 5.33. The molecule has 1 aliphatic carbocycles. The van der Waals surface area contributed by atoms with E-state index in [1.807, 2.05) is 6.08 Å². The molecular formula is C16H28N2O5. The fourth-order valence-corrected chi connectivity index (χ4v) is 3.97. The Morgan fingerprint density at radius 1 is 1.30 bits per heavy atom. The fourth-order valence-electron chi connectivity index (χ4n) is 3.97. The predicted molar refractivity (Wildman–Crippen MR) is 83.2 cm³/mol. The van der Waals surface area contributed by atoms with Crippen molar-refractivity contribution >= 4 is 0 Å². The average Bonchev–Trinajstić information content (AvgIpc) is 2.54. The van der Waals surface area contributed by atoms with Gasteiger partial charge >= 0.3 is 0 Å². The van der Waals surface area contributed by atoms with Crippen molar-refractivity contribution in [1.29, 1.82) is 0 Å². The van der Waals surface area contributed by atoms with Crippen LogP contribution in [0, 0.1) is 11.8 Å². The molecule has 3 rings (SSSR count). The van der Waals surface area contributed by atoms with Crippen LogP contribution in [-0.2, 0) is 9.47 Å². The summed E-state index contributed by atoms with van der Waals surface area (Å²) >= 11 is 0. The highest BCUT2D eigenvalue weighted by molar-refractivity contribution is 5.18. The Hall–Kier alpha value is -0.540. The summed E-state index contributed by atoms with van der Waals surface area (Å²) in [5.74, 6) is -0.425. The van der Waals surface area contributed by atoms with Gasteiger partial charge in [0.05, 0.1) is 31.5 Å². The lowest BCUT2D eigenvalue weighted by atomic mass is 9.72. The second-order valence-electron chi connectivity index (χ2n) is 6.88. The summed E-state index contributed by atoms with van der Waals surface area (Å²) in [5.41, 5.74) is 6.27. The Morgan fingerprint density at radius 2 is 2.00 bits per heavy atom. The first-order chi connectivity index (χ1) is 11.0. The number of morpholine rings is 1. The molecule has 0 aromatic rings. The molecule has 3 aliphatic rings. The highest BCUT2D eigenvalue weighted by atomic mass is 16.5. The first-order valence-electron chi connectivity index (χ1n) is 8.45. The van der Waals surface area contributed by atoms with Gasteiger partial charge in [0.15, 0.2) is 0 Å². The van der Waals surface area contributed by atoms with Crippen molar-refractivity contribution in [2.75, 3.05) is 26.3 Å². The highest BCUT2D eigenvalue weighted by Gasteiger charge is 2.46. The highest BCUT2D eigenvalue weighted by Crippen LogP contribution is 2.41. The van der Waals surface area contributed by atoms with Crippen LogP contribution in [0.4, 0.5) is 0 Å². The van der Waals surface area contributed by atoms with Crippen molar-refractivity contribution in [1.82, 2.24) is 4.90 Å². The maximum Gasteiger partial charge on any atom is 0.124 e. The van der Waals surface area contributed by atoms with Gasteiger partial charge in [0.1, 0.15) is 12.5 Å². The molecule has 2 fully saturated rings. The van der Waals surface area contributed by atoms with E-state index in [1.54, 1.807) is 6.92 Å². The van der Waals surface area contributed by atoms with E-state index in [4.69, 9.17) is 15.2 Å². The van der Waals surface area contributed by atoms with E-state index in [0.29, 0.717) is 31.6 Å². The molecule has 2 aliphatic heterocycles. The maximum absolute atomic E-state index is 10.6. The van der Waals surface area contributed by atoms with E-state index in [2.05, 4.69) is 4.90 Å². The van der Waals surface area contributed by atoms with Crippen molar-refractivity contribution in [3.63, 3.8) is 0 Å². The summed E-state index contributed by atoms with van der Waals surface area (Å²) in [6.45, 7) is 4.65. The van der Waals surface area contributed by atoms with E-state index >= 15 is 0 Å². The van der Waals surface area contributed by atoms with Crippen molar-refractivity contribution in [3.8, 4) is 0 Å². The third-order valence-corrected chi connectivity index (χ3v) is 5.33. The molecule has 7 nitrogen and oxygen atoms in total. The number of aliphatic hydroxyl groups is 3. The molecule has 23 heavy (non-hydrogen) atoms. The zero-order valence-corrected chi connectivity index (χ0v) is 13.5. The predicted octanol–water partition coefficient (Wildman–Crippen LogP) is -0.985. The van der Waals surface area contributed by atoms with Gasteiger partial charge in [-0.2, -0.15) is 0 Å².